The molecule has 2 aromatic rings. The van der Waals surface area contributed by atoms with Gasteiger partial charge in [-0.1, -0.05) is 6.07 Å². The monoisotopic (exact) mass is 269 g/mol. The van der Waals surface area contributed by atoms with Crippen molar-refractivity contribution in [3.8, 4) is 0 Å². The molecule has 0 fully saturated rings. The molecule has 2 aromatic heterocycles. The van der Waals surface area contributed by atoms with E-state index < -0.39 is 0 Å². The third-order valence-electron chi connectivity index (χ3n) is 3.01. The Hall–Kier alpha value is -2.43. The summed E-state index contributed by atoms with van der Waals surface area (Å²) in [7, 11) is 1.93. The van der Waals surface area contributed by atoms with E-state index in [0.29, 0.717) is 17.9 Å². The van der Waals surface area contributed by atoms with Crippen molar-refractivity contribution in [3.05, 3.63) is 53.0 Å². The first-order valence-corrected chi connectivity index (χ1v) is 6.43. The zero-order valence-electron chi connectivity index (χ0n) is 12.0. The Morgan fingerprint density at radius 1 is 1.15 bits per heavy atom. The minimum Gasteiger partial charge on any atom is -0.384 e. The normalized spacial score (nSPS) is 10.3. The summed E-state index contributed by atoms with van der Waals surface area (Å²) in [5.74, 6) is 0.734. The molecule has 0 aliphatic heterocycles. The fourth-order valence-corrected chi connectivity index (χ4v) is 2.05. The Kier molecular flexibility index (Phi) is 3.98. The van der Waals surface area contributed by atoms with Gasteiger partial charge < -0.3 is 10.6 Å². The molecule has 104 valence electrons. The first kappa shape index (κ1) is 14.0. The second kappa shape index (κ2) is 5.69. The third kappa shape index (κ3) is 3.12. The fraction of sp³-hybridized carbons (Fsp3) is 0.267. The topological polar surface area (TPSA) is 78.9 Å². The summed E-state index contributed by atoms with van der Waals surface area (Å²) in [4.78, 5) is 10.9. The molecule has 0 spiro atoms. The van der Waals surface area contributed by atoms with Gasteiger partial charge in [0.05, 0.1) is 17.8 Å². The maximum atomic E-state index is 7.65. The number of nitrogens with one attached hydrogen (secondary N) is 1. The quantitative estimate of drug-likeness (QED) is 0.657. The number of pyridine rings is 2. The lowest BCUT2D eigenvalue weighted by molar-refractivity contribution is 0.854. The van der Waals surface area contributed by atoms with Gasteiger partial charge >= 0.3 is 0 Å². The molecule has 0 atom stereocenters. The predicted molar refractivity (Wildman–Crippen MR) is 81.1 cm³/mol. The highest BCUT2D eigenvalue weighted by atomic mass is 15.2. The first-order valence-electron chi connectivity index (χ1n) is 6.43. The molecule has 3 N–H and O–H groups in total. The van der Waals surface area contributed by atoms with Crippen molar-refractivity contribution in [2.75, 3.05) is 11.9 Å². The molecule has 20 heavy (non-hydrogen) atoms. The Morgan fingerprint density at radius 3 is 2.50 bits per heavy atom. The summed E-state index contributed by atoms with van der Waals surface area (Å²) in [6.45, 7) is 4.51. The molecule has 5 nitrogen and oxygen atoms in total. The van der Waals surface area contributed by atoms with Crippen molar-refractivity contribution in [3.63, 3.8) is 0 Å². The molecule has 0 aromatic carbocycles. The SMILES string of the molecule is Cc1cccc(CN(C)c2nc(C)ccc2C(=N)N)n1. The van der Waals surface area contributed by atoms with Crippen LogP contribution in [0.2, 0.25) is 0 Å². The maximum absolute atomic E-state index is 7.65. The van der Waals surface area contributed by atoms with Gasteiger partial charge in [0.15, 0.2) is 0 Å². The molecule has 0 bridgehead atoms. The van der Waals surface area contributed by atoms with Crippen LogP contribution in [0.3, 0.4) is 0 Å². The minimum atomic E-state index is 0.0246. The van der Waals surface area contributed by atoms with E-state index in [1.807, 2.05) is 56.1 Å². The van der Waals surface area contributed by atoms with E-state index in [0.717, 1.165) is 17.1 Å². The van der Waals surface area contributed by atoms with Crippen LogP contribution in [0.25, 0.3) is 0 Å². The smallest absolute Gasteiger partial charge is 0.139 e. The summed E-state index contributed by atoms with van der Waals surface area (Å²) in [5.41, 5.74) is 9.11. The van der Waals surface area contributed by atoms with Gasteiger partial charge in [-0.15, -0.1) is 0 Å². The number of hydrogen-bond donors (Lipinski definition) is 2. The number of rotatable bonds is 4. The van der Waals surface area contributed by atoms with Crippen LogP contribution < -0.4 is 10.6 Å². The molecule has 0 aliphatic carbocycles. The highest BCUT2D eigenvalue weighted by molar-refractivity contribution is 5.99. The van der Waals surface area contributed by atoms with Crippen molar-refractivity contribution < 1.29 is 0 Å². The van der Waals surface area contributed by atoms with E-state index in [9.17, 15) is 0 Å². The van der Waals surface area contributed by atoms with Gasteiger partial charge in [0.2, 0.25) is 0 Å². The van der Waals surface area contributed by atoms with Crippen molar-refractivity contribution in [2.24, 2.45) is 5.73 Å². The molecule has 2 rings (SSSR count). The maximum Gasteiger partial charge on any atom is 0.139 e. The largest absolute Gasteiger partial charge is 0.384 e. The number of anilines is 1. The highest BCUT2D eigenvalue weighted by Gasteiger charge is 2.12. The first-order chi connectivity index (χ1) is 9.47. The van der Waals surface area contributed by atoms with Gasteiger partial charge in [-0.2, -0.15) is 0 Å². The molecule has 0 saturated heterocycles. The van der Waals surface area contributed by atoms with Crippen LogP contribution in [0.4, 0.5) is 5.82 Å². The predicted octanol–water partition coefficient (Wildman–Crippen LogP) is 2.01. The van der Waals surface area contributed by atoms with Crippen LogP contribution in [0, 0.1) is 19.3 Å². The number of aryl methyl sites for hydroxylation is 2. The van der Waals surface area contributed by atoms with Crippen molar-refractivity contribution in [2.45, 2.75) is 20.4 Å². The Labute approximate surface area is 119 Å². The van der Waals surface area contributed by atoms with Gasteiger partial charge in [0.1, 0.15) is 11.7 Å². The third-order valence-corrected chi connectivity index (χ3v) is 3.01. The average Bonchev–Trinajstić information content (AvgIpc) is 2.38. The Morgan fingerprint density at radius 2 is 1.85 bits per heavy atom. The van der Waals surface area contributed by atoms with Crippen LogP contribution in [0.15, 0.2) is 30.3 Å². The van der Waals surface area contributed by atoms with E-state index >= 15 is 0 Å². The minimum absolute atomic E-state index is 0.0246. The second-order valence-corrected chi connectivity index (χ2v) is 4.86. The number of nitrogens with zero attached hydrogens (tertiary/aromatic N) is 3. The zero-order valence-corrected chi connectivity index (χ0v) is 12.0. The van der Waals surface area contributed by atoms with E-state index in [-0.39, 0.29) is 5.84 Å². The van der Waals surface area contributed by atoms with Crippen LogP contribution in [0.5, 0.6) is 0 Å². The average molecular weight is 269 g/mol. The van der Waals surface area contributed by atoms with Crippen LogP contribution in [-0.2, 0) is 6.54 Å². The lowest BCUT2D eigenvalue weighted by Gasteiger charge is -2.21. The standard InChI is InChI=1S/C15H19N5/c1-10-5-4-6-12(18-10)9-20(3)15-13(14(16)17)8-7-11(2)19-15/h4-8H,9H2,1-3H3,(H3,16,17). The van der Waals surface area contributed by atoms with Gasteiger partial charge in [-0.25, -0.2) is 4.98 Å². The lowest BCUT2D eigenvalue weighted by atomic mass is 10.2. The molecule has 0 amide bonds. The van der Waals surface area contributed by atoms with Crippen molar-refractivity contribution in [1.29, 1.82) is 5.41 Å². The molecule has 2 heterocycles. The molecule has 5 heteroatoms. The number of nitrogens with two attached hydrogens (primary N) is 1. The van der Waals surface area contributed by atoms with Crippen molar-refractivity contribution in [1.82, 2.24) is 9.97 Å². The molecular formula is C15H19N5. The molecule has 0 unspecified atom stereocenters. The molecule has 0 saturated carbocycles. The van der Waals surface area contributed by atoms with Crippen LogP contribution in [-0.4, -0.2) is 22.9 Å². The number of nitrogen functional groups attached to an aromatic ring is 1. The van der Waals surface area contributed by atoms with E-state index in [2.05, 4.69) is 9.97 Å². The zero-order chi connectivity index (χ0) is 14.7. The molecule has 0 radical (unpaired) electrons. The molecule has 0 aliphatic rings. The lowest BCUT2D eigenvalue weighted by Crippen LogP contribution is -2.24. The van der Waals surface area contributed by atoms with Gasteiger partial charge in [0.25, 0.3) is 0 Å². The van der Waals surface area contributed by atoms with Crippen molar-refractivity contribution >= 4 is 11.7 Å². The summed E-state index contributed by atoms with van der Waals surface area (Å²) in [5, 5.41) is 7.65. The number of amidine groups is 1. The Balaban J connectivity index is 2.31. The summed E-state index contributed by atoms with van der Waals surface area (Å²) < 4.78 is 0. The van der Waals surface area contributed by atoms with E-state index in [1.54, 1.807) is 0 Å². The van der Waals surface area contributed by atoms with Crippen LogP contribution >= 0.6 is 0 Å². The van der Waals surface area contributed by atoms with Gasteiger partial charge in [0, 0.05) is 18.4 Å². The van der Waals surface area contributed by atoms with E-state index in [4.69, 9.17) is 11.1 Å². The molecular weight excluding hydrogens is 250 g/mol. The van der Waals surface area contributed by atoms with Gasteiger partial charge in [-0.3, -0.25) is 10.4 Å². The second-order valence-electron chi connectivity index (χ2n) is 4.86. The number of aromatic nitrogens is 2. The fourth-order valence-electron chi connectivity index (χ4n) is 2.05. The Bertz CT molecular complexity index is 636. The highest BCUT2D eigenvalue weighted by Crippen LogP contribution is 2.18. The summed E-state index contributed by atoms with van der Waals surface area (Å²) in [6, 6.07) is 9.63. The van der Waals surface area contributed by atoms with Crippen LogP contribution in [0.1, 0.15) is 22.6 Å². The van der Waals surface area contributed by atoms with E-state index in [1.165, 1.54) is 0 Å². The van der Waals surface area contributed by atoms with Gasteiger partial charge in [-0.05, 0) is 38.1 Å². The summed E-state index contributed by atoms with van der Waals surface area (Å²) in [6.07, 6.45) is 0. The number of hydrogen-bond acceptors (Lipinski definition) is 4. The summed E-state index contributed by atoms with van der Waals surface area (Å²) >= 11 is 0.